The molecule has 0 atom stereocenters. The van der Waals surface area contributed by atoms with Crippen molar-refractivity contribution < 1.29 is 9.18 Å². The monoisotopic (exact) mass is 492 g/mol. The maximum atomic E-state index is 13.6. The summed E-state index contributed by atoms with van der Waals surface area (Å²) in [6.07, 6.45) is 4.99. The summed E-state index contributed by atoms with van der Waals surface area (Å²) in [7, 11) is 0. The average Bonchev–Trinajstić information content (AvgIpc) is 3.32. The number of allylic oxidation sites excluding steroid dienone is 2. The molecule has 0 radical (unpaired) electrons. The van der Waals surface area contributed by atoms with E-state index in [0.29, 0.717) is 22.8 Å². The highest BCUT2D eigenvalue weighted by Crippen LogP contribution is 2.28. The SMILES string of the molecule is C/C=C\S/C(NC(=O)c1[nH]c(-c2ccc(NCCCC)cc2)nc1-c1ccc(F)cc1)=C(\C)CC. The molecular weight excluding hydrogens is 459 g/mol. The lowest BCUT2D eigenvalue weighted by Crippen LogP contribution is -2.23. The molecule has 2 aromatic carbocycles. The number of carbonyl (C=O) groups is 1. The van der Waals surface area contributed by atoms with Crippen molar-refractivity contribution in [3.05, 3.63) is 82.1 Å². The molecule has 0 aliphatic heterocycles. The molecule has 1 aromatic heterocycles. The molecular formula is C28H33FN4OS. The fourth-order valence-electron chi connectivity index (χ4n) is 3.35. The third kappa shape index (κ3) is 7.09. The summed E-state index contributed by atoms with van der Waals surface area (Å²) in [5.41, 5.74) is 4.45. The molecule has 0 aliphatic rings. The van der Waals surface area contributed by atoms with Gasteiger partial charge in [-0.25, -0.2) is 9.37 Å². The van der Waals surface area contributed by atoms with Gasteiger partial charge in [-0.1, -0.05) is 38.1 Å². The molecule has 3 N–H and O–H groups in total. The minimum atomic E-state index is -0.340. The van der Waals surface area contributed by atoms with Crippen LogP contribution in [0.15, 0.2) is 70.6 Å². The first-order valence-corrected chi connectivity index (χ1v) is 12.8. The van der Waals surface area contributed by atoms with Crippen LogP contribution >= 0.6 is 11.8 Å². The zero-order valence-corrected chi connectivity index (χ0v) is 21.6. The second kappa shape index (κ2) is 13.0. The van der Waals surface area contributed by atoms with Crippen LogP contribution in [0.3, 0.4) is 0 Å². The fourth-order valence-corrected chi connectivity index (χ4v) is 4.11. The lowest BCUT2D eigenvalue weighted by Gasteiger charge is -2.11. The number of nitrogens with zero attached hydrogens (tertiary/aromatic N) is 1. The third-order valence-corrected chi connectivity index (χ3v) is 6.63. The number of aromatic amines is 1. The quantitative estimate of drug-likeness (QED) is 0.240. The minimum Gasteiger partial charge on any atom is -0.385 e. The predicted octanol–water partition coefficient (Wildman–Crippen LogP) is 7.73. The maximum absolute atomic E-state index is 13.6. The highest BCUT2D eigenvalue weighted by atomic mass is 32.2. The Morgan fingerprint density at radius 1 is 1.09 bits per heavy atom. The summed E-state index contributed by atoms with van der Waals surface area (Å²) in [5, 5.41) is 9.17. The van der Waals surface area contributed by atoms with Crippen molar-refractivity contribution in [2.45, 2.75) is 47.0 Å². The van der Waals surface area contributed by atoms with Crippen molar-refractivity contribution in [1.82, 2.24) is 15.3 Å². The first-order chi connectivity index (χ1) is 17.0. The molecule has 0 fully saturated rings. The van der Waals surface area contributed by atoms with Crippen molar-refractivity contribution in [3.63, 3.8) is 0 Å². The van der Waals surface area contributed by atoms with E-state index in [-0.39, 0.29) is 11.7 Å². The largest absolute Gasteiger partial charge is 0.385 e. The molecule has 3 rings (SSSR count). The Balaban J connectivity index is 1.97. The predicted molar refractivity (Wildman–Crippen MR) is 146 cm³/mol. The lowest BCUT2D eigenvalue weighted by molar-refractivity contribution is 0.0964. The van der Waals surface area contributed by atoms with E-state index in [1.54, 1.807) is 12.1 Å². The van der Waals surface area contributed by atoms with Gasteiger partial charge in [0.2, 0.25) is 0 Å². The van der Waals surface area contributed by atoms with Gasteiger partial charge in [0.1, 0.15) is 23.0 Å². The van der Waals surface area contributed by atoms with Crippen molar-refractivity contribution in [2.75, 3.05) is 11.9 Å². The molecule has 5 nitrogen and oxygen atoms in total. The Morgan fingerprint density at radius 3 is 2.40 bits per heavy atom. The molecule has 0 spiro atoms. The number of benzene rings is 2. The van der Waals surface area contributed by atoms with Gasteiger partial charge in [-0.2, -0.15) is 0 Å². The van der Waals surface area contributed by atoms with Crippen LogP contribution in [0.25, 0.3) is 22.6 Å². The number of thioether (sulfide) groups is 1. The van der Waals surface area contributed by atoms with Crippen molar-refractivity contribution in [3.8, 4) is 22.6 Å². The molecule has 0 saturated heterocycles. The molecule has 0 bridgehead atoms. The fraction of sp³-hybridized carbons (Fsp3) is 0.286. The molecule has 35 heavy (non-hydrogen) atoms. The average molecular weight is 493 g/mol. The normalized spacial score (nSPS) is 12.0. The van der Waals surface area contributed by atoms with Crippen LogP contribution in [0.2, 0.25) is 0 Å². The van der Waals surface area contributed by atoms with Crippen molar-refractivity contribution in [2.24, 2.45) is 0 Å². The van der Waals surface area contributed by atoms with Gasteiger partial charge in [0.25, 0.3) is 5.91 Å². The Kier molecular flexibility index (Phi) is 9.73. The summed E-state index contributed by atoms with van der Waals surface area (Å²) < 4.78 is 13.6. The lowest BCUT2D eigenvalue weighted by atomic mass is 10.1. The van der Waals surface area contributed by atoms with Crippen molar-refractivity contribution >= 4 is 23.4 Å². The summed E-state index contributed by atoms with van der Waals surface area (Å²) in [5.74, 6) is -0.0534. The Hall–Kier alpha value is -3.32. The number of anilines is 1. The van der Waals surface area contributed by atoms with Gasteiger partial charge in [-0.15, -0.1) is 0 Å². The third-order valence-electron chi connectivity index (χ3n) is 5.53. The zero-order chi connectivity index (χ0) is 25.2. The Bertz CT molecular complexity index is 1180. The number of hydrogen-bond donors (Lipinski definition) is 3. The van der Waals surface area contributed by atoms with Gasteiger partial charge in [-0.05, 0) is 86.2 Å². The van der Waals surface area contributed by atoms with Gasteiger partial charge in [0.15, 0.2) is 0 Å². The van der Waals surface area contributed by atoms with Crippen LogP contribution in [0, 0.1) is 5.82 Å². The summed E-state index contributed by atoms with van der Waals surface area (Å²) >= 11 is 1.47. The number of H-pyrrole nitrogens is 1. The molecule has 184 valence electrons. The second-order valence-electron chi connectivity index (χ2n) is 8.18. The highest BCUT2D eigenvalue weighted by Gasteiger charge is 2.21. The molecule has 3 aromatic rings. The van der Waals surface area contributed by atoms with E-state index >= 15 is 0 Å². The second-order valence-corrected chi connectivity index (χ2v) is 9.09. The van der Waals surface area contributed by atoms with E-state index in [4.69, 9.17) is 4.98 Å². The summed E-state index contributed by atoms with van der Waals surface area (Å²) in [4.78, 5) is 21.4. The standard InChI is InChI=1S/C28H33FN4OS/c1-5-8-17-30-23-15-11-21(12-16-23)26-31-24(20-9-13-22(29)14-10-20)25(32-26)27(34)33-28(19(4)7-3)35-18-6-2/h6,9-16,18,30H,5,7-8,17H2,1-4H3,(H,31,32)(H,33,34)/b18-6-,28-19+. The van der Waals surface area contributed by atoms with Crippen LogP contribution < -0.4 is 10.6 Å². The van der Waals surface area contributed by atoms with Gasteiger partial charge in [0.05, 0.1) is 5.03 Å². The van der Waals surface area contributed by atoms with Crippen LogP contribution in [0.5, 0.6) is 0 Å². The van der Waals surface area contributed by atoms with E-state index in [9.17, 15) is 9.18 Å². The van der Waals surface area contributed by atoms with Gasteiger partial charge < -0.3 is 15.6 Å². The molecule has 0 unspecified atom stereocenters. The van der Waals surface area contributed by atoms with Gasteiger partial charge >= 0.3 is 0 Å². The molecule has 0 aliphatic carbocycles. The first kappa shape index (κ1) is 26.3. The number of hydrogen-bond acceptors (Lipinski definition) is 4. The topological polar surface area (TPSA) is 69.8 Å². The van der Waals surface area contributed by atoms with Crippen LogP contribution in [0.1, 0.15) is 57.4 Å². The summed E-state index contributed by atoms with van der Waals surface area (Å²) in [6.45, 7) is 9.08. The van der Waals surface area contributed by atoms with Crippen molar-refractivity contribution in [1.29, 1.82) is 0 Å². The minimum absolute atomic E-state index is 0.291. The number of nitrogens with one attached hydrogen (secondary N) is 3. The Morgan fingerprint density at radius 2 is 1.77 bits per heavy atom. The van der Waals surface area contributed by atoms with Gasteiger partial charge in [-0.3, -0.25) is 4.79 Å². The first-order valence-electron chi connectivity index (χ1n) is 12.0. The highest BCUT2D eigenvalue weighted by molar-refractivity contribution is 8.05. The van der Waals surface area contributed by atoms with E-state index in [2.05, 4.69) is 29.5 Å². The van der Waals surface area contributed by atoms with Crippen LogP contribution in [0.4, 0.5) is 10.1 Å². The number of amides is 1. The summed E-state index contributed by atoms with van der Waals surface area (Å²) in [6, 6.07) is 14.0. The number of imidazole rings is 1. The molecule has 1 heterocycles. The van der Waals surface area contributed by atoms with E-state index in [0.717, 1.165) is 47.7 Å². The van der Waals surface area contributed by atoms with Crippen LogP contribution in [-0.4, -0.2) is 22.4 Å². The number of halogens is 1. The number of carbonyl (C=O) groups excluding carboxylic acids is 1. The zero-order valence-electron chi connectivity index (χ0n) is 20.7. The maximum Gasteiger partial charge on any atom is 0.274 e. The van der Waals surface area contributed by atoms with Gasteiger partial charge in [0, 0.05) is 23.4 Å². The Labute approximate surface area is 211 Å². The van der Waals surface area contributed by atoms with E-state index in [1.807, 2.05) is 49.6 Å². The smallest absolute Gasteiger partial charge is 0.274 e. The number of rotatable bonds is 11. The number of aromatic nitrogens is 2. The molecule has 1 amide bonds. The van der Waals surface area contributed by atoms with E-state index in [1.165, 1.54) is 23.9 Å². The van der Waals surface area contributed by atoms with E-state index < -0.39 is 0 Å². The molecule has 7 heteroatoms. The number of unbranched alkanes of at least 4 members (excludes halogenated alkanes) is 1. The molecule has 0 saturated carbocycles. The van der Waals surface area contributed by atoms with Crippen LogP contribution in [-0.2, 0) is 0 Å².